The van der Waals surface area contributed by atoms with E-state index in [9.17, 15) is 0 Å². The average molecular weight is 289 g/mol. The number of nitrogens with one attached hydrogen (secondary N) is 1. The molecule has 1 saturated heterocycles. The van der Waals surface area contributed by atoms with Crippen molar-refractivity contribution in [2.24, 2.45) is 5.92 Å². The van der Waals surface area contributed by atoms with Crippen LogP contribution in [0.15, 0.2) is 18.2 Å². The fourth-order valence-corrected chi connectivity index (χ4v) is 3.84. The van der Waals surface area contributed by atoms with Gasteiger partial charge in [0, 0.05) is 13.1 Å². The monoisotopic (exact) mass is 289 g/mol. The fraction of sp³-hybridized carbons (Fsp3) is 0.562. The summed E-state index contributed by atoms with van der Waals surface area (Å²) in [7, 11) is 0. The molecule has 0 spiro atoms. The predicted octanol–water partition coefficient (Wildman–Crippen LogP) is 3.75. The number of rotatable bonds is 5. The molecule has 1 aromatic carbocycles. The maximum absolute atomic E-state index is 4.71. The standard InChI is InChI=1S/C16H23N3S/c1-12(11-19-8-3-4-9-19)10-17-16-18-15-13(2)6-5-7-14(15)20-16/h5-7,12H,3-4,8-11H2,1-2H3,(H,17,18). The SMILES string of the molecule is Cc1cccc2sc(NCC(C)CN3CCCC3)nc12. The van der Waals surface area contributed by atoms with Crippen LogP contribution in [-0.2, 0) is 0 Å². The molecule has 3 rings (SSSR count). The van der Waals surface area contributed by atoms with Gasteiger partial charge in [-0.05, 0) is 50.4 Å². The highest BCUT2D eigenvalue weighted by Gasteiger charge is 2.15. The minimum absolute atomic E-state index is 0.668. The van der Waals surface area contributed by atoms with E-state index in [1.807, 2.05) is 0 Å². The van der Waals surface area contributed by atoms with Crippen LogP contribution >= 0.6 is 11.3 Å². The van der Waals surface area contributed by atoms with Crippen molar-refractivity contribution in [1.82, 2.24) is 9.88 Å². The number of nitrogens with zero attached hydrogens (tertiary/aromatic N) is 2. The number of aromatic nitrogens is 1. The van der Waals surface area contributed by atoms with Crippen molar-refractivity contribution in [2.75, 3.05) is 31.5 Å². The van der Waals surface area contributed by atoms with Crippen molar-refractivity contribution < 1.29 is 0 Å². The van der Waals surface area contributed by atoms with Crippen molar-refractivity contribution in [3.05, 3.63) is 23.8 Å². The maximum Gasteiger partial charge on any atom is 0.183 e. The van der Waals surface area contributed by atoms with Crippen LogP contribution in [0.4, 0.5) is 5.13 Å². The number of hydrogen-bond donors (Lipinski definition) is 1. The minimum atomic E-state index is 0.668. The molecule has 0 amide bonds. The van der Waals surface area contributed by atoms with Gasteiger partial charge in [-0.25, -0.2) is 4.98 Å². The Morgan fingerprint density at radius 3 is 2.90 bits per heavy atom. The van der Waals surface area contributed by atoms with Gasteiger partial charge in [-0.3, -0.25) is 0 Å². The van der Waals surface area contributed by atoms with E-state index >= 15 is 0 Å². The first kappa shape index (κ1) is 13.8. The van der Waals surface area contributed by atoms with Crippen LogP contribution in [0.1, 0.15) is 25.3 Å². The van der Waals surface area contributed by atoms with Gasteiger partial charge in [0.05, 0.1) is 10.2 Å². The van der Waals surface area contributed by atoms with E-state index in [0.29, 0.717) is 5.92 Å². The molecular formula is C16H23N3S. The lowest BCUT2D eigenvalue weighted by molar-refractivity contribution is 0.294. The van der Waals surface area contributed by atoms with E-state index in [4.69, 9.17) is 4.98 Å². The Labute approximate surface area is 125 Å². The molecule has 0 radical (unpaired) electrons. The van der Waals surface area contributed by atoms with Gasteiger partial charge in [-0.1, -0.05) is 30.4 Å². The second kappa shape index (κ2) is 6.10. The number of thiazole rings is 1. The Morgan fingerprint density at radius 2 is 2.15 bits per heavy atom. The molecule has 1 N–H and O–H groups in total. The lowest BCUT2D eigenvalue weighted by Gasteiger charge is -2.20. The Hall–Kier alpha value is -1.13. The van der Waals surface area contributed by atoms with Crippen LogP contribution in [0, 0.1) is 12.8 Å². The summed E-state index contributed by atoms with van der Waals surface area (Å²) in [5, 5.41) is 4.57. The highest BCUT2D eigenvalue weighted by molar-refractivity contribution is 7.22. The first-order valence-corrected chi connectivity index (χ1v) is 8.36. The quantitative estimate of drug-likeness (QED) is 0.908. The zero-order valence-electron chi connectivity index (χ0n) is 12.4. The Kier molecular flexibility index (Phi) is 4.22. The van der Waals surface area contributed by atoms with Crippen molar-refractivity contribution in [3.63, 3.8) is 0 Å². The number of likely N-dealkylation sites (tertiary alicyclic amines) is 1. The molecule has 1 unspecified atom stereocenters. The number of aryl methyl sites for hydroxylation is 1. The minimum Gasteiger partial charge on any atom is -0.361 e. The van der Waals surface area contributed by atoms with Crippen LogP contribution in [0.5, 0.6) is 0 Å². The Balaban J connectivity index is 1.57. The summed E-state index contributed by atoms with van der Waals surface area (Å²) in [5.41, 5.74) is 2.41. The molecule has 108 valence electrons. The molecule has 3 nitrogen and oxygen atoms in total. The summed E-state index contributed by atoms with van der Waals surface area (Å²) in [6, 6.07) is 6.39. The van der Waals surface area contributed by atoms with Crippen molar-refractivity contribution >= 4 is 26.7 Å². The lowest BCUT2D eigenvalue weighted by Crippen LogP contribution is -2.28. The van der Waals surface area contributed by atoms with Crippen LogP contribution in [0.3, 0.4) is 0 Å². The zero-order valence-corrected chi connectivity index (χ0v) is 13.2. The molecule has 20 heavy (non-hydrogen) atoms. The Bertz CT molecular complexity index is 572. The van der Waals surface area contributed by atoms with Gasteiger partial charge in [0.25, 0.3) is 0 Å². The molecule has 1 aromatic heterocycles. The molecule has 1 aliphatic rings. The number of anilines is 1. The van der Waals surface area contributed by atoms with Crippen LogP contribution in [0.25, 0.3) is 10.2 Å². The van der Waals surface area contributed by atoms with E-state index in [-0.39, 0.29) is 0 Å². The summed E-state index contributed by atoms with van der Waals surface area (Å²) in [6.07, 6.45) is 2.74. The smallest absolute Gasteiger partial charge is 0.183 e. The van der Waals surface area contributed by atoms with Crippen LogP contribution < -0.4 is 5.32 Å². The molecule has 1 fully saturated rings. The molecule has 0 bridgehead atoms. The van der Waals surface area contributed by atoms with E-state index in [1.165, 1.54) is 42.7 Å². The van der Waals surface area contributed by atoms with Gasteiger partial charge in [0.15, 0.2) is 5.13 Å². The number of benzene rings is 1. The summed E-state index contributed by atoms with van der Waals surface area (Å²) in [4.78, 5) is 7.29. The van der Waals surface area contributed by atoms with Gasteiger partial charge in [0.2, 0.25) is 0 Å². The number of para-hydroxylation sites is 1. The average Bonchev–Trinajstić information content (AvgIpc) is 3.06. The van der Waals surface area contributed by atoms with Crippen molar-refractivity contribution in [3.8, 4) is 0 Å². The van der Waals surface area contributed by atoms with E-state index in [0.717, 1.165) is 17.2 Å². The predicted molar refractivity (Wildman–Crippen MR) is 87.7 cm³/mol. The summed E-state index contributed by atoms with van der Waals surface area (Å²) in [5.74, 6) is 0.668. The van der Waals surface area contributed by atoms with Crippen LogP contribution in [0.2, 0.25) is 0 Å². The van der Waals surface area contributed by atoms with E-state index in [2.05, 4.69) is 42.3 Å². The van der Waals surface area contributed by atoms with Crippen LogP contribution in [-0.4, -0.2) is 36.1 Å². The number of fused-ring (bicyclic) bond motifs is 1. The third-order valence-corrected chi connectivity index (χ3v) is 4.97. The largest absolute Gasteiger partial charge is 0.361 e. The third kappa shape index (κ3) is 3.13. The summed E-state index contributed by atoms with van der Waals surface area (Å²) in [6.45, 7) is 9.23. The molecule has 0 aliphatic carbocycles. The second-order valence-corrected chi connectivity index (χ2v) is 6.97. The molecule has 2 aromatic rings. The van der Waals surface area contributed by atoms with Gasteiger partial charge in [0.1, 0.15) is 0 Å². The molecule has 0 saturated carbocycles. The van der Waals surface area contributed by atoms with Gasteiger partial charge in [-0.2, -0.15) is 0 Å². The van der Waals surface area contributed by atoms with E-state index in [1.54, 1.807) is 11.3 Å². The molecular weight excluding hydrogens is 266 g/mol. The fourth-order valence-electron chi connectivity index (χ4n) is 2.89. The van der Waals surface area contributed by atoms with Crippen molar-refractivity contribution in [1.29, 1.82) is 0 Å². The summed E-state index contributed by atoms with van der Waals surface area (Å²) >= 11 is 1.76. The molecule has 1 aliphatic heterocycles. The Morgan fingerprint density at radius 1 is 1.35 bits per heavy atom. The van der Waals surface area contributed by atoms with E-state index < -0.39 is 0 Å². The maximum atomic E-state index is 4.71. The molecule has 1 atom stereocenters. The summed E-state index contributed by atoms with van der Waals surface area (Å²) < 4.78 is 1.28. The van der Waals surface area contributed by atoms with Gasteiger partial charge < -0.3 is 10.2 Å². The zero-order chi connectivity index (χ0) is 13.9. The first-order valence-electron chi connectivity index (χ1n) is 7.55. The first-order chi connectivity index (χ1) is 9.72. The van der Waals surface area contributed by atoms with Gasteiger partial charge >= 0.3 is 0 Å². The molecule has 2 heterocycles. The van der Waals surface area contributed by atoms with Gasteiger partial charge in [-0.15, -0.1) is 0 Å². The molecule has 4 heteroatoms. The lowest BCUT2D eigenvalue weighted by atomic mass is 10.1. The normalized spacial score (nSPS) is 17.7. The highest BCUT2D eigenvalue weighted by Crippen LogP contribution is 2.27. The highest BCUT2D eigenvalue weighted by atomic mass is 32.1. The van der Waals surface area contributed by atoms with Crippen molar-refractivity contribution in [2.45, 2.75) is 26.7 Å². The third-order valence-electron chi connectivity index (χ3n) is 3.99. The number of hydrogen-bond acceptors (Lipinski definition) is 4. The second-order valence-electron chi connectivity index (χ2n) is 5.93. The topological polar surface area (TPSA) is 28.2 Å².